The van der Waals surface area contributed by atoms with Gasteiger partial charge in [0.2, 0.25) is 0 Å². The number of aryl methyl sites for hydroxylation is 1. The fraction of sp³-hybridized carbons (Fsp3) is 0.538. The maximum atomic E-state index is 6.39. The highest BCUT2D eigenvalue weighted by atomic mass is 79.9. The molecule has 0 heterocycles. The van der Waals surface area contributed by atoms with E-state index in [1.54, 1.807) is 7.11 Å². The van der Waals surface area contributed by atoms with Crippen LogP contribution in [-0.2, 0) is 5.54 Å². The quantitative estimate of drug-likeness (QED) is 0.903. The molecule has 2 rings (SSSR count). The van der Waals surface area contributed by atoms with Crippen molar-refractivity contribution in [2.45, 2.75) is 38.6 Å². The molecule has 0 radical (unpaired) electrons. The van der Waals surface area contributed by atoms with E-state index in [4.69, 9.17) is 10.5 Å². The summed E-state index contributed by atoms with van der Waals surface area (Å²) in [5.41, 5.74) is 9.77. The minimum atomic E-state index is -0.165. The van der Waals surface area contributed by atoms with Crippen LogP contribution in [-0.4, -0.2) is 7.11 Å². The number of rotatable bonds is 2. The first kappa shape index (κ1) is 11.9. The Balaban J connectivity index is 2.60. The van der Waals surface area contributed by atoms with Crippen LogP contribution >= 0.6 is 15.9 Å². The lowest BCUT2D eigenvalue weighted by Gasteiger charge is -2.40. The summed E-state index contributed by atoms with van der Waals surface area (Å²) in [6, 6.07) is 2.16. The minimum absolute atomic E-state index is 0.165. The molecule has 1 fully saturated rings. The SMILES string of the molecule is COc1c(C2(N)CCC2)cc(C)c(Br)c1C. The van der Waals surface area contributed by atoms with Gasteiger partial charge in [0.1, 0.15) is 5.75 Å². The van der Waals surface area contributed by atoms with Crippen molar-refractivity contribution in [1.82, 2.24) is 0 Å². The first-order valence-corrected chi connectivity index (χ1v) is 6.42. The van der Waals surface area contributed by atoms with E-state index < -0.39 is 0 Å². The van der Waals surface area contributed by atoms with Crippen LogP contribution < -0.4 is 10.5 Å². The molecule has 1 aliphatic carbocycles. The van der Waals surface area contributed by atoms with Gasteiger partial charge in [-0.2, -0.15) is 0 Å². The molecule has 0 unspecified atom stereocenters. The first-order valence-electron chi connectivity index (χ1n) is 5.62. The monoisotopic (exact) mass is 283 g/mol. The maximum Gasteiger partial charge on any atom is 0.127 e. The van der Waals surface area contributed by atoms with Crippen molar-refractivity contribution in [3.05, 3.63) is 27.2 Å². The van der Waals surface area contributed by atoms with Crippen molar-refractivity contribution in [1.29, 1.82) is 0 Å². The predicted octanol–water partition coefficient (Wildman–Crippen LogP) is 3.41. The molecule has 0 saturated heterocycles. The number of benzene rings is 1. The van der Waals surface area contributed by atoms with Crippen molar-refractivity contribution < 1.29 is 4.74 Å². The van der Waals surface area contributed by atoms with Crippen molar-refractivity contribution in [2.24, 2.45) is 5.73 Å². The summed E-state index contributed by atoms with van der Waals surface area (Å²) in [5, 5.41) is 0. The van der Waals surface area contributed by atoms with Crippen molar-refractivity contribution in [3.63, 3.8) is 0 Å². The van der Waals surface area contributed by atoms with Crippen LogP contribution in [0.5, 0.6) is 5.75 Å². The molecule has 1 saturated carbocycles. The van der Waals surface area contributed by atoms with Gasteiger partial charge in [-0.15, -0.1) is 0 Å². The van der Waals surface area contributed by atoms with Gasteiger partial charge in [0.15, 0.2) is 0 Å². The Morgan fingerprint density at radius 2 is 2.00 bits per heavy atom. The summed E-state index contributed by atoms with van der Waals surface area (Å²) < 4.78 is 6.65. The maximum absolute atomic E-state index is 6.39. The molecule has 2 nitrogen and oxygen atoms in total. The van der Waals surface area contributed by atoms with Gasteiger partial charge in [-0.1, -0.05) is 15.9 Å². The number of nitrogens with two attached hydrogens (primary N) is 1. The molecule has 0 atom stereocenters. The van der Waals surface area contributed by atoms with Gasteiger partial charge < -0.3 is 10.5 Å². The standard InChI is InChI=1S/C13H18BrNO/c1-8-7-10(13(15)5-4-6-13)12(16-3)9(2)11(8)14/h7H,4-6,15H2,1-3H3. The normalized spacial score (nSPS) is 18.1. The van der Waals surface area contributed by atoms with Crippen LogP contribution in [0.25, 0.3) is 0 Å². The van der Waals surface area contributed by atoms with E-state index in [1.807, 2.05) is 0 Å². The lowest BCUT2D eigenvalue weighted by Crippen LogP contribution is -2.43. The number of ether oxygens (including phenoxy) is 1. The number of methoxy groups -OCH3 is 1. The highest BCUT2D eigenvalue weighted by Crippen LogP contribution is 2.45. The van der Waals surface area contributed by atoms with Gasteiger partial charge in [0, 0.05) is 21.1 Å². The smallest absolute Gasteiger partial charge is 0.127 e. The molecular weight excluding hydrogens is 266 g/mol. The molecule has 1 aromatic carbocycles. The van der Waals surface area contributed by atoms with Gasteiger partial charge in [-0.05, 0) is 44.7 Å². The third kappa shape index (κ3) is 1.66. The summed E-state index contributed by atoms with van der Waals surface area (Å²) in [6.07, 6.45) is 3.33. The summed E-state index contributed by atoms with van der Waals surface area (Å²) in [7, 11) is 1.72. The van der Waals surface area contributed by atoms with E-state index in [2.05, 4.69) is 35.8 Å². The first-order chi connectivity index (χ1) is 7.49. The fourth-order valence-electron chi connectivity index (χ4n) is 2.40. The van der Waals surface area contributed by atoms with Gasteiger partial charge in [0.05, 0.1) is 7.11 Å². The largest absolute Gasteiger partial charge is 0.496 e. The third-order valence-corrected chi connectivity index (χ3v) is 4.83. The summed E-state index contributed by atoms with van der Waals surface area (Å²) >= 11 is 3.59. The molecule has 0 spiro atoms. The van der Waals surface area contributed by atoms with E-state index in [9.17, 15) is 0 Å². The average molecular weight is 284 g/mol. The zero-order valence-corrected chi connectivity index (χ0v) is 11.6. The molecule has 0 bridgehead atoms. The van der Waals surface area contributed by atoms with Crippen molar-refractivity contribution >= 4 is 15.9 Å². The summed E-state index contributed by atoms with van der Waals surface area (Å²) in [6.45, 7) is 4.17. The molecule has 0 aliphatic heterocycles. The molecule has 2 N–H and O–H groups in total. The van der Waals surface area contributed by atoms with Crippen LogP contribution in [0.2, 0.25) is 0 Å². The van der Waals surface area contributed by atoms with E-state index in [1.165, 1.54) is 17.5 Å². The van der Waals surface area contributed by atoms with E-state index in [0.29, 0.717) is 0 Å². The molecular formula is C13H18BrNO. The minimum Gasteiger partial charge on any atom is -0.496 e. The fourth-order valence-corrected chi connectivity index (χ4v) is 2.70. The number of hydrogen-bond donors (Lipinski definition) is 1. The van der Waals surface area contributed by atoms with E-state index >= 15 is 0 Å². The Morgan fingerprint density at radius 3 is 2.44 bits per heavy atom. The molecule has 3 heteroatoms. The predicted molar refractivity (Wildman–Crippen MR) is 69.9 cm³/mol. The molecule has 0 aromatic heterocycles. The zero-order chi connectivity index (χ0) is 11.9. The topological polar surface area (TPSA) is 35.2 Å². The Morgan fingerprint density at radius 1 is 1.38 bits per heavy atom. The van der Waals surface area contributed by atoms with Gasteiger partial charge in [0.25, 0.3) is 0 Å². The molecule has 88 valence electrons. The highest BCUT2D eigenvalue weighted by molar-refractivity contribution is 9.10. The lowest BCUT2D eigenvalue weighted by molar-refractivity contribution is 0.243. The van der Waals surface area contributed by atoms with Crippen LogP contribution in [0.4, 0.5) is 0 Å². The third-order valence-electron chi connectivity index (χ3n) is 3.61. The summed E-state index contributed by atoms with van der Waals surface area (Å²) in [5.74, 6) is 0.944. The van der Waals surface area contributed by atoms with Crippen LogP contribution in [0.1, 0.15) is 36.0 Å². The Kier molecular flexibility index (Phi) is 3.01. The second kappa shape index (κ2) is 4.04. The average Bonchev–Trinajstić information content (AvgIpc) is 2.22. The van der Waals surface area contributed by atoms with E-state index in [-0.39, 0.29) is 5.54 Å². The Bertz CT molecular complexity index is 424. The van der Waals surface area contributed by atoms with Crippen LogP contribution in [0.3, 0.4) is 0 Å². The van der Waals surface area contributed by atoms with Crippen molar-refractivity contribution in [3.8, 4) is 5.75 Å². The number of halogens is 1. The van der Waals surface area contributed by atoms with Crippen LogP contribution in [0.15, 0.2) is 10.5 Å². The number of hydrogen-bond acceptors (Lipinski definition) is 2. The van der Waals surface area contributed by atoms with Gasteiger partial charge in [-0.25, -0.2) is 0 Å². The molecule has 1 aliphatic rings. The Hall–Kier alpha value is -0.540. The van der Waals surface area contributed by atoms with Gasteiger partial charge >= 0.3 is 0 Å². The van der Waals surface area contributed by atoms with Crippen LogP contribution in [0, 0.1) is 13.8 Å². The van der Waals surface area contributed by atoms with E-state index in [0.717, 1.165) is 28.6 Å². The van der Waals surface area contributed by atoms with Gasteiger partial charge in [-0.3, -0.25) is 0 Å². The van der Waals surface area contributed by atoms with Crippen molar-refractivity contribution in [2.75, 3.05) is 7.11 Å². The Labute approximate surface area is 105 Å². The highest BCUT2D eigenvalue weighted by Gasteiger charge is 2.37. The molecule has 0 amide bonds. The second-order valence-electron chi connectivity index (χ2n) is 4.72. The summed E-state index contributed by atoms with van der Waals surface area (Å²) in [4.78, 5) is 0. The molecule has 1 aromatic rings. The lowest BCUT2D eigenvalue weighted by atomic mass is 9.71. The zero-order valence-electron chi connectivity index (χ0n) is 10.1. The molecule has 16 heavy (non-hydrogen) atoms. The second-order valence-corrected chi connectivity index (χ2v) is 5.52.